The fraction of sp³-hybridized carbons (Fsp3) is 0.125. The second kappa shape index (κ2) is 9.07. The van der Waals surface area contributed by atoms with Crippen molar-refractivity contribution >= 4 is 20.6 Å². The van der Waals surface area contributed by atoms with Gasteiger partial charge in [-0.3, -0.25) is 0 Å². The zero-order valence-electron chi connectivity index (χ0n) is 15.8. The Morgan fingerprint density at radius 3 is 2.32 bits per heavy atom. The first-order valence-corrected chi connectivity index (χ1v) is 11.3. The van der Waals surface area contributed by atoms with Crippen molar-refractivity contribution in [1.29, 1.82) is 0 Å². The summed E-state index contributed by atoms with van der Waals surface area (Å²) in [4.78, 5) is 1.54. The molecule has 1 atom stereocenters. The molecular weight excluding hydrogens is 435 g/mol. The van der Waals surface area contributed by atoms with Crippen molar-refractivity contribution in [3.8, 4) is 0 Å². The van der Waals surface area contributed by atoms with Crippen LogP contribution in [0.4, 0.5) is 0 Å². The molecule has 0 N–H and O–H groups in total. The first kappa shape index (κ1) is 23.1. The molecule has 0 saturated heterocycles. The smallest absolute Gasteiger partial charge is 1.00 e. The minimum atomic E-state index is -0.561. The molecule has 137 valence electrons. The maximum atomic E-state index is 3.73. The van der Waals surface area contributed by atoms with E-state index in [2.05, 4.69) is 92.0 Å². The van der Waals surface area contributed by atoms with Crippen LogP contribution in [0.3, 0.4) is 0 Å². The largest absolute Gasteiger partial charge is 3.00 e. The fourth-order valence-corrected chi connectivity index (χ4v) is 5.44. The second-order valence-electron chi connectivity index (χ2n) is 7.09. The first-order chi connectivity index (χ1) is 12.2. The third-order valence-electron chi connectivity index (χ3n) is 5.37. The van der Waals surface area contributed by atoms with E-state index in [4.69, 9.17) is 0 Å². The van der Waals surface area contributed by atoms with E-state index < -0.39 is 8.41 Å². The van der Waals surface area contributed by atoms with E-state index in [0.29, 0.717) is 5.92 Å². The third kappa shape index (κ3) is 3.56. The number of rotatable bonds is 1. The Labute approximate surface area is 194 Å². The van der Waals surface area contributed by atoms with Crippen molar-refractivity contribution < 1.29 is 46.5 Å². The van der Waals surface area contributed by atoms with Crippen molar-refractivity contribution in [1.82, 2.24) is 0 Å². The maximum absolute atomic E-state index is 3.73. The summed E-state index contributed by atoms with van der Waals surface area (Å²) in [6.07, 6.45) is 8.39. The molecule has 0 saturated carbocycles. The van der Waals surface area contributed by atoms with E-state index in [0.717, 1.165) is 0 Å². The monoisotopic (exact) mass is 453 g/mol. The molecule has 0 aromatic heterocycles. The molecule has 0 aliphatic heterocycles. The molecular formula is C24H19Cl2SiTi. The number of fused-ring (bicyclic) bond motifs is 3. The molecule has 5 rings (SSSR count). The molecule has 1 radical (unpaired) electrons. The van der Waals surface area contributed by atoms with Crippen LogP contribution in [0.15, 0.2) is 66.7 Å². The predicted octanol–water partition coefficient (Wildman–Crippen LogP) is -1.26. The molecule has 0 nitrogen and oxygen atoms in total. The maximum Gasteiger partial charge on any atom is 3.00 e. The molecule has 2 aliphatic carbocycles. The summed E-state index contributed by atoms with van der Waals surface area (Å²) in [5.41, 5.74) is 5.58. The molecule has 4 heteroatoms. The summed E-state index contributed by atoms with van der Waals surface area (Å²) in [5.74, 6) is 0.350. The van der Waals surface area contributed by atoms with Crippen molar-refractivity contribution in [2.24, 2.45) is 0 Å². The SMILES string of the molecule is C[Si](C)=c1ccc2c(c1C1C=Cc3ccccc31)[C-]=c1ccccc1=2.[Cl-].[Cl-].[Ti+3]. The summed E-state index contributed by atoms with van der Waals surface area (Å²) >= 11 is 0. The van der Waals surface area contributed by atoms with E-state index in [1.165, 1.54) is 42.7 Å². The van der Waals surface area contributed by atoms with Crippen molar-refractivity contribution in [2.45, 2.75) is 19.0 Å². The van der Waals surface area contributed by atoms with E-state index in [1.807, 2.05) is 0 Å². The molecule has 28 heavy (non-hydrogen) atoms. The Hall–Kier alpha value is -1.22. The summed E-state index contributed by atoms with van der Waals surface area (Å²) < 4.78 is 0. The van der Waals surface area contributed by atoms with Gasteiger partial charge in [0.2, 0.25) is 0 Å². The number of hydrogen-bond acceptors (Lipinski definition) is 0. The van der Waals surface area contributed by atoms with Crippen LogP contribution < -0.4 is 30.0 Å². The molecule has 0 amide bonds. The van der Waals surface area contributed by atoms with Gasteiger partial charge in [-0.2, -0.15) is 0 Å². The third-order valence-corrected chi connectivity index (χ3v) is 6.88. The number of halogens is 2. The number of hydrogen-bond donors (Lipinski definition) is 0. The Morgan fingerprint density at radius 2 is 1.54 bits per heavy atom. The van der Waals surface area contributed by atoms with E-state index in [9.17, 15) is 0 Å². The van der Waals surface area contributed by atoms with Crippen molar-refractivity contribution in [3.05, 3.63) is 109 Å². The summed E-state index contributed by atoms with van der Waals surface area (Å²) in [7, 11) is -0.561. The van der Waals surface area contributed by atoms with Crippen LogP contribution in [-0.2, 0) is 21.7 Å². The normalized spacial score (nSPS) is 14.4. The number of allylic oxidation sites excluding steroid dienone is 1. The van der Waals surface area contributed by atoms with Gasteiger partial charge in [0.1, 0.15) is 0 Å². The second-order valence-corrected chi connectivity index (χ2v) is 9.62. The standard InChI is InChI=1S/C24H19Si.2ClH.Ti/c1-25(2)23-14-13-20-19-10-6-4-8-17(19)15-22(20)24(23)21-12-11-16-7-3-5-9-18(16)21;;;/h3-14,21H,1-2H3;2*1H;/q-1;;;+3/p-2. The van der Waals surface area contributed by atoms with Crippen LogP contribution in [0, 0.1) is 15.3 Å². The van der Waals surface area contributed by atoms with Crippen LogP contribution in [-0.4, -0.2) is 8.41 Å². The van der Waals surface area contributed by atoms with Gasteiger partial charge in [0, 0.05) is 14.3 Å². The minimum absolute atomic E-state index is 0. The average Bonchev–Trinajstić information content (AvgIpc) is 3.22. The van der Waals surface area contributed by atoms with E-state index in [-0.39, 0.29) is 46.5 Å². The van der Waals surface area contributed by atoms with Gasteiger partial charge in [0.05, 0.1) is 0 Å². The molecule has 3 aromatic carbocycles. The number of benzene rings is 3. The summed E-state index contributed by atoms with van der Waals surface area (Å²) in [5, 5.41) is 3.89. The summed E-state index contributed by atoms with van der Waals surface area (Å²) in [6.45, 7) is 4.78. The van der Waals surface area contributed by atoms with Crippen molar-refractivity contribution in [2.75, 3.05) is 0 Å². The predicted molar refractivity (Wildman–Crippen MR) is 106 cm³/mol. The molecule has 2 aliphatic rings. The van der Waals surface area contributed by atoms with Gasteiger partial charge in [-0.25, -0.2) is 0 Å². The van der Waals surface area contributed by atoms with Gasteiger partial charge in [-0.15, -0.1) is 33.4 Å². The fourth-order valence-electron chi connectivity index (χ4n) is 4.20. The van der Waals surface area contributed by atoms with Crippen LogP contribution in [0.1, 0.15) is 28.2 Å². The molecule has 0 spiro atoms. The van der Waals surface area contributed by atoms with E-state index in [1.54, 1.807) is 0 Å². The molecule has 0 fully saturated rings. The van der Waals surface area contributed by atoms with Crippen LogP contribution >= 0.6 is 0 Å². The van der Waals surface area contributed by atoms with Crippen molar-refractivity contribution in [3.63, 3.8) is 0 Å². The molecule has 3 aromatic rings. The van der Waals surface area contributed by atoms with Gasteiger partial charge >= 0.3 is 21.7 Å². The van der Waals surface area contributed by atoms with Gasteiger partial charge in [0.25, 0.3) is 0 Å². The van der Waals surface area contributed by atoms with Gasteiger partial charge in [-0.05, 0) is 11.1 Å². The zero-order chi connectivity index (χ0) is 17.0. The van der Waals surface area contributed by atoms with Gasteiger partial charge in [0.15, 0.2) is 0 Å². The van der Waals surface area contributed by atoms with Crippen LogP contribution in [0.25, 0.3) is 12.2 Å². The average molecular weight is 454 g/mol. The molecule has 0 bridgehead atoms. The van der Waals surface area contributed by atoms with E-state index >= 15 is 0 Å². The molecule has 0 heterocycles. The Bertz CT molecular complexity index is 1270. The quantitative estimate of drug-likeness (QED) is 0.249. The van der Waals surface area contributed by atoms with Crippen LogP contribution in [0.2, 0.25) is 13.1 Å². The van der Waals surface area contributed by atoms with Crippen LogP contribution in [0.5, 0.6) is 0 Å². The van der Waals surface area contributed by atoms with Gasteiger partial charge in [-0.1, -0.05) is 90.2 Å². The topological polar surface area (TPSA) is 0 Å². The Kier molecular flexibility index (Phi) is 7.47. The zero-order valence-corrected chi connectivity index (χ0v) is 19.8. The Balaban J connectivity index is 0.000000934. The van der Waals surface area contributed by atoms with Gasteiger partial charge < -0.3 is 24.8 Å². The minimum Gasteiger partial charge on any atom is -1.00 e. The molecule has 1 unspecified atom stereocenters. The first-order valence-electron chi connectivity index (χ1n) is 8.85. The summed E-state index contributed by atoms with van der Waals surface area (Å²) in [6, 6.07) is 22.1. The Morgan fingerprint density at radius 1 is 0.821 bits per heavy atom.